The van der Waals surface area contributed by atoms with Crippen molar-refractivity contribution in [2.75, 3.05) is 5.32 Å². The number of halogens is 5. The van der Waals surface area contributed by atoms with Gasteiger partial charge in [-0.15, -0.1) is 5.10 Å². The van der Waals surface area contributed by atoms with Crippen LogP contribution in [0.3, 0.4) is 0 Å². The molecule has 2 aromatic carbocycles. The molecule has 1 saturated carbocycles. The zero-order chi connectivity index (χ0) is 26.8. The molecular weight excluding hydrogens is 522 g/mol. The van der Waals surface area contributed by atoms with Gasteiger partial charge in [-0.05, 0) is 64.6 Å². The van der Waals surface area contributed by atoms with E-state index in [0.717, 1.165) is 37.0 Å². The van der Waals surface area contributed by atoms with Crippen LogP contribution in [0, 0.1) is 5.41 Å². The molecule has 37 heavy (non-hydrogen) atoms. The number of hydrogen-bond donors (Lipinski definition) is 1. The number of tetrazole rings is 1. The van der Waals surface area contributed by atoms with Gasteiger partial charge in [0, 0.05) is 15.7 Å². The Kier molecular flexibility index (Phi) is 7.91. The van der Waals surface area contributed by atoms with E-state index in [2.05, 4.69) is 41.6 Å². The van der Waals surface area contributed by atoms with Crippen molar-refractivity contribution in [3.63, 3.8) is 0 Å². The minimum absolute atomic E-state index is 0.258. The summed E-state index contributed by atoms with van der Waals surface area (Å²) in [7, 11) is 0. The number of nitrogens with zero attached hydrogens (tertiary/aromatic N) is 4. The number of rotatable bonds is 6. The van der Waals surface area contributed by atoms with Crippen LogP contribution in [0.5, 0.6) is 0 Å². The van der Waals surface area contributed by atoms with Crippen molar-refractivity contribution in [2.45, 2.75) is 70.6 Å². The van der Waals surface area contributed by atoms with E-state index in [1.807, 2.05) is 18.2 Å². The molecule has 0 aliphatic heterocycles. The molecule has 1 fully saturated rings. The van der Waals surface area contributed by atoms with E-state index < -0.39 is 17.3 Å². The summed E-state index contributed by atoms with van der Waals surface area (Å²) in [5.41, 5.74) is -0.489. The van der Waals surface area contributed by atoms with Crippen LogP contribution in [0.1, 0.15) is 75.9 Å². The predicted octanol–water partition coefficient (Wildman–Crippen LogP) is 8.57. The Morgan fingerprint density at radius 2 is 1.76 bits per heavy atom. The van der Waals surface area contributed by atoms with Gasteiger partial charge in [0.2, 0.25) is 0 Å². The zero-order valence-corrected chi connectivity index (χ0v) is 22.5. The first-order valence-corrected chi connectivity index (χ1v) is 13.0. The Hall–Kier alpha value is -2.58. The molecule has 1 atom stereocenters. The third-order valence-corrected chi connectivity index (χ3v) is 7.34. The quantitative estimate of drug-likeness (QED) is 0.333. The number of alkyl halides is 3. The van der Waals surface area contributed by atoms with Crippen molar-refractivity contribution in [1.82, 2.24) is 20.2 Å². The van der Waals surface area contributed by atoms with Crippen LogP contribution in [0.2, 0.25) is 10.0 Å². The fourth-order valence-electron chi connectivity index (χ4n) is 4.87. The molecule has 4 rings (SSSR count). The Morgan fingerprint density at radius 1 is 1.03 bits per heavy atom. The van der Waals surface area contributed by atoms with Crippen LogP contribution < -0.4 is 5.32 Å². The van der Waals surface area contributed by atoms with Crippen LogP contribution in [-0.2, 0) is 11.7 Å². The first-order chi connectivity index (χ1) is 17.4. The van der Waals surface area contributed by atoms with E-state index in [4.69, 9.17) is 23.2 Å². The van der Waals surface area contributed by atoms with Crippen molar-refractivity contribution in [1.29, 1.82) is 0 Å². The topological polar surface area (TPSA) is 55.6 Å². The molecule has 0 radical (unpaired) electrons. The molecule has 10 heteroatoms. The number of benzene rings is 2. The van der Waals surface area contributed by atoms with Gasteiger partial charge < -0.3 is 5.32 Å². The molecule has 1 unspecified atom stereocenters. The SMILES string of the molecule is CC(C)(C)C(C=Cc1ccc(Cl)cc1Cl)n1nnnc1C1(Nc2cccc(C(F)(F)F)c2)CCCCC1. The first-order valence-electron chi connectivity index (χ1n) is 12.3. The van der Waals surface area contributed by atoms with E-state index in [9.17, 15) is 13.2 Å². The summed E-state index contributed by atoms with van der Waals surface area (Å²) in [6, 6.07) is 10.3. The fraction of sp³-hybridized carbons (Fsp3) is 0.444. The van der Waals surface area contributed by atoms with Crippen molar-refractivity contribution < 1.29 is 13.2 Å². The van der Waals surface area contributed by atoms with Gasteiger partial charge in [-0.3, -0.25) is 0 Å². The van der Waals surface area contributed by atoms with Gasteiger partial charge in [0.15, 0.2) is 5.82 Å². The molecule has 198 valence electrons. The number of anilines is 1. The second kappa shape index (κ2) is 10.7. The van der Waals surface area contributed by atoms with Crippen LogP contribution in [0.25, 0.3) is 6.08 Å². The summed E-state index contributed by atoms with van der Waals surface area (Å²) >= 11 is 12.4. The molecule has 0 spiro atoms. The molecule has 1 N–H and O–H groups in total. The van der Waals surface area contributed by atoms with Gasteiger partial charge in [0.1, 0.15) is 0 Å². The molecule has 3 aromatic rings. The Balaban J connectivity index is 1.75. The monoisotopic (exact) mass is 551 g/mol. The largest absolute Gasteiger partial charge is 0.416 e. The molecule has 1 aliphatic carbocycles. The highest BCUT2D eigenvalue weighted by Gasteiger charge is 2.42. The van der Waals surface area contributed by atoms with Gasteiger partial charge in [-0.1, -0.05) is 87.5 Å². The highest BCUT2D eigenvalue weighted by atomic mass is 35.5. The Morgan fingerprint density at radius 3 is 2.41 bits per heavy atom. The van der Waals surface area contributed by atoms with E-state index in [-0.39, 0.29) is 11.5 Å². The van der Waals surface area contributed by atoms with Crippen LogP contribution in [0.15, 0.2) is 48.5 Å². The first kappa shape index (κ1) is 27.5. The molecule has 1 aromatic heterocycles. The van der Waals surface area contributed by atoms with Gasteiger partial charge in [0.25, 0.3) is 0 Å². The molecular formula is C27H30Cl2F3N5. The second-order valence-corrected chi connectivity index (χ2v) is 11.5. The van der Waals surface area contributed by atoms with Crippen molar-refractivity contribution >= 4 is 35.0 Å². The van der Waals surface area contributed by atoms with Crippen LogP contribution >= 0.6 is 23.2 Å². The third kappa shape index (κ3) is 6.29. The number of allylic oxidation sites excluding steroid dienone is 1. The molecule has 0 saturated heterocycles. The van der Waals surface area contributed by atoms with Gasteiger partial charge in [-0.25, -0.2) is 4.68 Å². The average Bonchev–Trinajstić information content (AvgIpc) is 3.30. The number of hydrogen-bond acceptors (Lipinski definition) is 4. The van der Waals surface area contributed by atoms with Gasteiger partial charge in [-0.2, -0.15) is 13.2 Å². The zero-order valence-electron chi connectivity index (χ0n) is 21.0. The fourth-order valence-corrected chi connectivity index (χ4v) is 5.35. The third-order valence-electron chi connectivity index (χ3n) is 6.77. The average molecular weight is 552 g/mol. The standard InChI is InChI=1S/C27H30Cl2F3N5/c1-25(2,3)23(13-11-18-10-12-20(28)17-22(18)29)37-24(34-35-36-37)26(14-5-4-6-15-26)33-21-9-7-8-19(16-21)27(30,31)32/h7-13,16-17,23,33H,4-6,14-15H2,1-3H3. The lowest BCUT2D eigenvalue weighted by Gasteiger charge is -2.39. The van der Waals surface area contributed by atoms with Crippen LogP contribution in [-0.4, -0.2) is 20.2 Å². The molecule has 1 heterocycles. The lowest BCUT2D eigenvalue weighted by Crippen LogP contribution is -2.42. The highest BCUT2D eigenvalue weighted by molar-refractivity contribution is 6.35. The summed E-state index contributed by atoms with van der Waals surface area (Å²) in [5, 5.41) is 17.3. The Labute approximate surface area is 225 Å². The smallest absolute Gasteiger partial charge is 0.373 e. The van der Waals surface area contributed by atoms with Crippen molar-refractivity contribution in [2.24, 2.45) is 5.41 Å². The summed E-state index contributed by atoms with van der Waals surface area (Å²) in [6.07, 6.45) is 3.78. The lowest BCUT2D eigenvalue weighted by molar-refractivity contribution is -0.137. The normalized spacial score (nSPS) is 17.2. The van der Waals surface area contributed by atoms with Crippen molar-refractivity contribution in [3.05, 3.63) is 75.5 Å². The second-order valence-electron chi connectivity index (χ2n) is 10.6. The summed E-state index contributed by atoms with van der Waals surface area (Å²) in [4.78, 5) is 0. The minimum Gasteiger partial charge on any atom is -0.373 e. The number of aromatic nitrogens is 4. The summed E-state index contributed by atoms with van der Waals surface area (Å²) in [5.74, 6) is 0.608. The maximum absolute atomic E-state index is 13.4. The predicted molar refractivity (Wildman–Crippen MR) is 142 cm³/mol. The summed E-state index contributed by atoms with van der Waals surface area (Å²) in [6.45, 7) is 6.26. The minimum atomic E-state index is -4.43. The lowest BCUT2D eigenvalue weighted by atomic mass is 9.79. The Bertz CT molecular complexity index is 1260. The van der Waals surface area contributed by atoms with Crippen molar-refractivity contribution in [3.8, 4) is 0 Å². The number of nitrogens with one attached hydrogen (secondary N) is 1. The highest BCUT2D eigenvalue weighted by Crippen LogP contribution is 2.43. The van der Waals surface area contributed by atoms with Gasteiger partial charge >= 0.3 is 6.18 Å². The molecule has 0 amide bonds. The van der Waals surface area contributed by atoms with Gasteiger partial charge in [0.05, 0.1) is 17.1 Å². The van der Waals surface area contributed by atoms with E-state index in [1.54, 1.807) is 22.9 Å². The summed E-state index contributed by atoms with van der Waals surface area (Å²) < 4.78 is 42.0. The van der Waals surface area contributed by atoms with E-state index >= 15 is 0 Å². The maximum atomic E-state index is 13.4. The van der Waals surface area contributed by atoms with E-state index in [0.29, 0.717) is 34.4 Å². The maximum Gasteiger partial charge on any atom is 0.416 e. The molecule has 0 bridgehead atoms. The van der Waals surface area contributed by atoms with Crippen LogP contribution in [0.4, 0.5) is 18.9 Å². The molecule has 1 aliphatic rings. The van der Waals surface area contributed by atoms with E-state index in [1.165, 1.54) is 6.07 Å². The molecule has 5 nitrogen and oxygen atoms in total.